The van der Waals surface area contributed by atoms with E-state index in [-0.39, 0.29) is 29.4 Å². The molecule has 0 radical (unpaired) electrons. The summed E-state index contributed by atoms with van der Waals surface area (Å²) in [5.41, 5.74) is 1.22. The van der Waals surface area contributed by atoms with Crippen molar-refractivity contribution in [3.8, 4) is 5.69 Å². The van der Waals surface area contributed by atoms with Crippen LogP contribution in [0.25, 0.3) is 5.69 Å². The standard InChI is InChI=1S/C30H34F2N6O2/c31-20-11-12-28(24(32)15-20)38-18-27(35-36-38)30(40)33-25-13-14-37(21-9-5-2-6-10-21)17-23(25)29(39)34-26-16-22(26)19-7-3-1-4-8-19/h1,3-4,7-8,11-12,15,18,21-23,25-26H,2,5-6,9-10,13-14,16-17H2,(H,33,40)(H,34,39)/t22-,23+,25+,26+/m0/s1. The van der Waals surface area contributed by atoms with E-state index in [2.05, 4.69) is 38.0 Å². The third kappa shape index (κ3) is 5.77. The second-order valence-corrected chi connectivity index (χ2v) is 11.3. The fourth-order valence-corrected chi connectivity index (χ4v) is 6.30. The molecule has 3 aromatic rings. The lowest BCUT2D eigenvalue weighted by Crippen LogP contribution is -2.58. The van der Waals surface area contributed by atoms with Gasteiger partial charge in [-0.15, -0.1) is 5.10 Å². The highest BCUT2D eigenvalue weighted by Crippen LogP contribution is 2.41. The second kappa shape index (κ2) is 11.4. The molecule has 1 aromatic heterocycles. The average Bonchev–Trinajstić information content (AvgIpc) is 3.56. The summed E-state index contributed by atoms with van der Waals surface area (Å²) >= 11 is 0. The van der Waals surface area contributed by atoms with E-state index >= 15 is 0 Å². The van der Waals surface area contributed by atoms with Gasteiger partial charge >= 0.3 is 0 Å². The lowest BCUT2D eigenvalue weighted by Gasteiger charge is -2.43. The maximum absolute atomic E-state index is 14.2. The zero-order valence-corrected chi connectivity index (χ0v) is 22.3. The maximum atomic E-state index is 14.2. The van der Waals surface area contributed by atoms with Crippen molar-refractivity contribution in [2.24, 2.45) is 5.92 Å². The number of carbonyl (C=O) groups excluding carboxylic acids is 2. The van der Waals surface area contributed by atoms with Crippen LogP contribution in [0.15, 0.2) is 54.7 Å². The van der Waals surface area contributed by atoms with Gasteiger partial charge in [-0.1, -0.05) is 54.8 Å². The Morgan fingerprint density at radius 2 is 1.73 bits per heavy atom. The van der Waals surface area contributed by atoms with Gasteiger partial charge in [-0.2, -0.15) is 0 Å². The average molecular weight is 549 g/mol. The van der Waals surface area contributed by atoms with Crippen molar-refractivity contribution >= 4 is 11.8 Å². The Morgan fingerprint density at radius 3 is 2.50 bits per heavy atom. The van der Waals surface area contributed by atoms with Gasteiger partial charge in [-0.25, -0.2) is 13.5 Å². The normalized spacial score (nSPS) is 25.4. The number of piperidine rings is 1. The van der Waals surface area contributed by atoms with Crippen LogP contribution in [-0.2, 0) is 4.79 Å². The molecule has 210 valence electrons. The van der Waals surface area contributed by atoms with Gasteiger partial charge in [0.2, 0.25) is 5.91 Å². The molecule has 2 N–H and O–H groups in total. The number of benzene rings is 2. The molecule has 40 heavy (non-hydrogen) atoms. The van der Waals surface area contributed by atoms with Crippen molar-refractivity contribution in [1.29, 1.82) is 0 Å². The van der Waals surface area contributed by atoms with Gasteiger partial charge in [0.1, 0.15) is 11.5 Å². The molecule has 2 amide bonds. The van der Waals surface area contributed by atoms with Crippen LogP contribution in [-0.4, -0.2) is 62.9 Å². The molecule has 3 aliphatic rings. The van der Waals surface area contributed by atoms with Gasteiger partial charge in [0, 0.05) is 43.2 Å². The number of aromatic nitrogens is 3. The number of hydrogen-bond acceptors (Lipinski definition) is 5. The molecule has 3 fully saturated rings. The lowest BCUT2D eigenvalue weighted by molar-refractivity contribution is -0.128. The van der Waals surface area contributed by atoms with Crippen LogP contribution in [0.3, 0.4) is 0 Å². The van der Waals surface area contributed by atoms with Crippen molar-refractivity contribution in [2.75, 3.05) is 13.1 Å². The third-order valence-corrected chi connectivity index (χ3v) is 8.62. The molecular formula is C30H34F2N6O2. The minimum absolute atomic E-state index is 0.00364. The molecule has 4 atom stereocenters. The van der Waals surface area contributed by atoms with E-state index in [4.69, 9.17) is 0 Å². The molecule has 0 unspecified atom stereocenters. The lowest BCUT2D eigenvalue weighted by atomic mass is 9.87. The van der Waals surface area contributed by atoms with Gasteiger partial charge in [0.05, 0.1) is 12.1 Å². The van der Waals surface area contributed by atoms with Crippen molar-refractivity contribution in [1.82, 2.24) is 30.5 Å². The summed E-state index contributed by atoms with van der Waals surface area (Å²) in [6, 6.07) is 13.5. The number of hydrogen-bond donors (Lipinski definition) is 2. The predicted molar refractivity (Wildman–Crippen MR) is 145 cm³/mol. The number of likely N-dealkylation sites (tertiary alicyclic amines) is 1. The Labute approximate surface area is 232 Å². The highest BCUT2D eigenvalue weighted by molar-refractivity contribution is 5.93. The van der Waals surface area contributed by atoms with E-state index in [1.807, 2.05) is 18.2 Å². The first-order chi connectivity index (χ1) is 19.5. The quantitative estimate of drug-likeness (QED) is 0.466. The van der Waals surface area contributed by atoms with E-state index in [1.165, 1.54) is 37.1 Å². The second-order valence-electron chi connectivity index (χ2n) is 11.3. The van der Waals surface area contributed by atoms with Gasteiger partial charge < -0.3 is 10.6 Å². The zero-order valence-electron chi connectivity index (χ0n) is 22.3. The fourth-order valence-electron chi connectivity index (χ4n) is 6.30. The van der Waals surface area contributed by atoms with E-state index in [9.17, 15) is 18.4 Å². The van der Waals surface area contributed by atoms with E-state index < -0.39 is 23.5 Å². The molecule has 1 aliphatic heterocycles. The summed E-state index contributed by atoms with van der Waals surface area (Å²) in [4.78, 5) is 29.3. The largest absolute Gasteiger partial charge is 0.352 e. The maximum Gasteiger partial charge on any atom is 0.273 e. The fraction of sp³-hybridized carbons (Fsp3) is 0.467. The van der Waals surface area contributed by atoms with Crippen LogP contribution in [0, 0.1) is 17.6 Å². The van der Waals surface area contributed by atoms with Gasteiger partial charge in [-0.05, 0) is 43.4 Å². The minimum atomic E-state index is -0.808. The smallest absolute Gasteiger partial charge is 0.273 e. The van der Waals surface area contributed by atoms with E-state index in [0.29, 0.717) is 24.9 Å². The van der Waals surface area contributed by atoms with E-state index in [0.717, 1.165) is 42.6 Å². The summed E-state index contributed by atoms with van der Waals surface area (Å²) < 4.78 is 28.6. The van der Waals surface area contributed by atoms with Gasteiger partial charge in [-0.3, -0.25) is 14.5 Å². The molecule has 6 rings (SSSR count). The zero-order chi connectivity index (χ0) is 27.6. The number of carbonyl (C=O) groups is 2. The van der Waals surface area contributed by atoms with Crippen LogP contribution in [0.2, 0.25) is 0 Å². The molecular weight excluding hydrogens is 514 g/mol. The molecule has 2 aliphatic carbocycles. The first-order valence-electron chi connectivity index (χ1n) is 14.2. The molecule has 2 heterocycles. The van der Waals surface area contributed by atoms with Crippen LogP contribution >= 0.6 is 0 Å². The summed E-state index contributed by atoms with van der Waals surface area (Å²) in [5, 5.41) is 14.0. The monoisotopic (exact) mass is 548 g/mol. The highest BCUT2D eigenvalue weighted by Gasteiger charge is 2.43. The SMILES string of the molecule is O=C(N[C@@H]1CCN(C2CCCCC2)C[C@H]1C(=O)N[C@@H]1C[C@H]1c1ccccc1)c1cn(-c2ccc(F)cc2F)nn1. The number of amides is 2. The van der Waals surface area contributed by atoms with Crippen LogP contribution < -0.4 is 10.6 Å². The Morgan fingerprint density at radius 1 is 0.925 bits per heavy atom. The minimum Gasteiger partial charge on any atom is -0.352 e. The highest BCUT2D eigenvalue weighted by atomic mass is 19.1. The molecule has 10 heteroatoms. The van der Waals surface area contributed by atoms with Crippen LogP contribution in [0.5, 0.6) is 0 Å². The van der Waals surface area contributed by atoms with Crippen LogP contribution in [0.1, 0.15) is 66.9 Å². The van der Waals surface area contributed by atoms with E-state index in [1.54, 1.807) is 0 Å². The van der Waals surface area contributed by atoms with Crippen molar-refractivity contribution in [2.45, 2.75) is 69.0 Å². The molecule has 2 saturated carbocycles. The number of nitrogens with one attached hydrogen (secondary N) is 2. The first kappa shape index (κ1) is 26.6. The molecule has 1 saturated heterocycles. The Hall–Kier alpha value is -3.66. The predicted octanol–water partition coefficient (Wildman–Crippen LogP) is 3.97. The van der Waals surface area contributed by atoms with Crippen molar-refractivity contribution < 1.29 is 18.4 Å². The van der Waals surface area contributed by atoms with Crippen molar-refractivity contribution in [3.63, 3.8) is 0 Å². The van der Waals surface area contributed by atoms with Gasteiger partial charge in [0.25, 0.3) is 5.91 Å². The Bertz CT molecular complexity index is 1360. The van der Waals surface area contributed by atoms with Crippen molar-refractivity contribution in [3.05, 3.63) is 77.6 Å². The third-order valence-electron chi connectivity index (χ3n) is 8.62. The van der Waals surface area contributed by atoms with Crippen LogP contribution in [0.4, 0.5) is 8.78 Å². The summed E-state index contributed by atoms with van der Waals surface area (Å²) in [5.74, 6) is -2.11. The number of nitrogens with zero attached hydrogens (tertiary/aromatic N) is 4. The summed E-state index contributed by atoms with van der Waals surface area (Å²) in [7, 11) is 0. The molecule has 0 spiro atoms. The first-order valence-corrected chi connectivity index (χ1v) is 14.2. The Kier molecular flexibility index (Phi) is 7.60. The molecule has 2 aromatic carbocycles. The molecule has 8 nitrogen and oxygen atoms in total. The van der Waals surface area contributed by atoms with Gasteiger partial charge in [0.15, 0.2) is 11.5 Å². The summed E-state index contributed by atoms with van der Waals surface area (Å²) in [6.45, 7) is 1.40. The number of halogens is 2. The number of rotatable bonds is 7. The molecule has 0 bridgehead atoms. The topological polar surface area (TPSA) is 92.2 Å². The Balaban J connectivity index is 1.15. The summed E-state index contributed by atoms with van der Waals surface area (Å²) in [6.07, 6.45) is 8.85.